The predicted octanol–water partition coefficient (Wildman–Crippen LogP) is 5.51. The van der Waals surface area contributed by atoms with E-state index < -0.39 is 0 Å². The maximum Gasteiger partial charge on any atom is 0.274 e. The van der Waals surface area contributed by atoms with E-state index in [-0.39, 0.29) is 5.91 Å². The Balaban J connectivity index is 1.74. The normalized spacial score (nSPS) is 10.7. The molecular formula is C22H16ClN3O. The van der Waals surface area contributed by atoms with Crippen LogP contribution in [-0.2, 0) is 0 Å². The Hall–Kier alpha value is -3.24. The third-order valence-electron chi connectivity index (χ3n) is 4.38. The zero-order chi connectivity index (χ0) is 18.8. The molecule has 0 atom stereocenters. The van der Waals surface area contributed by atoms with Gasteiger partial charge in [-0.05, 0) is 48.2 Å². The Kier molecular flexibility index (Phi) is 4.57. The van der Waals surface area contributed by atoms with Crippen LogP contribution in [0.15, 0.2) is 73.1 Å². The van der Waals surface area contributed by atoms with E-state index in [1.807, 2.05) is 49.4 Å². The van der Waals surface area contributed by atoms with Crippen molar-refractivity contribution in [3.05, 3.63) is 89.3 Å². The van der Waals surface area contributed by atoms with E-state index in [9.17, 15) is 4.79 Å². The van der Waals surface area contributed by atoms with Gasteiger partial charge in [0.15, 0.2) is 0 Å². The highest BCUT2D eigenvalue weighted by Gasteiger charge is 2.14. The van der Waals surface area contributed by atoms with E-state index in [1.165, 1.54) is 0 Å². The summed E-state index contributed by atoms with van der Waals surface area (Å²) in [6, 6.07) is 19.0. The molecule has 0 fully saturated rings. The fourth-order valence-electron chi connectivity index (χ4n) is 3.03. The van der Waals surface area contributed by atoms with Crippen molar-refractivity contribution in [2.75, 3.05) is 5.32 Å². The molecule has 2 aromatic carbocycles. The van der Waals surface area contributed by atoms with Crippen molar-refractivity contribution >= 4 is 34.0 Å². The molecule has 0 aliphatic rings. The van der Waals surface area contributed by atoms with Gasteiger partial charge in [-0.25, -0.2) is 0 Å². The van der Waals surface area contributed by atoms with Crippen molar-refractivity contribution < 1.29 is 4.79 Å². The third kappa shape index (κ3) is 3.39. The van der Waals surface area contributed by atoms with Crippen molar-refractivity contribution in [1.82, 2.24) is 9.97 Å². The molecule has 1 N–H and O–H groups in total. The number of rotatable bonds is 3. The Morgan fingerprint density at radius 2 is 1.81 bits per heavy atom. The lowest BCUT2D eigenvalue weighted by atomic mass is 10.0. The molecule has 0 saturated heterocycles. The average Bonchev–Trinajstić information content (AvgIpc) is 2.69. The highest BCUT2D eigenvalue weighted by molar-refractivity contribution is 6.33. The van der Waals surface area contributed by atoms with E-state index in [0.717, 1.165) is 27.6 Å². The van der Waals surface area contributed by atoms with Crippen LogP contribution >= 0.6 is 11.6 Å². The summed E-state index contributed by atoms with van der Waals surface area (Å²) < 4.78 is 0. The van der Waals surface area contributed by atoms with Crippen LogP contribution in [0.3, 0.4) is 0 Å². The monoisotopic (exact) mass is 373 g/mol. The van der Waals surface area contributed by atoms with Gasteiger partial charge in [0.2, 0.25) is 0 Å². The molecule has 132 valence electrons. The first kappa shape index (κ1) is 17.2. The molecule has 2 aromatic heterocycles. The molecule has 27 heavy (non-hydrogen) atoms. The molecule has 0 spiro atoms. The number of amides is 1. The van der Waals surface area contributed by atoms with Gasteiger partial charge in [0.1, 0.15) is 5.69 Å². The lowest BCUT2D eigenvalue weighted by Gasteiger charge is -2.11. The molecular weight excluding hydrogens is 358 g/mol. The summed E-state index contributed by atoms with van der Waals surface area (Å²) in [6.07, 6.45) is 3.37. The van der Waals surface area contributed by atoms with Gasteiger partial charge < -0.3 is 5.32 Å². The summed E-state index contributed by atoms with van der Waals surface area (Å²) in [5.74, 6) is -0.257. The maximum atomic E-state index is 12.6. The number of aromatic nitrogens is 2. The highest BCUT2D eigenvalue weighted by Crippen LogP contribution is 2.33. The van der Waals surface area contributed by atoms with Gasteiger partial charge in [0.25, 0.3) is 5.91 Å². The summed E-state index contributed by atoms with van der Waals surface area (Å²) >= 11 is 6.44. The molecule has 0 aliphatic carbocycles. The van der Waals surface area contributed by atoms with E-state index in [2.05, 4.69) is 15.3 Å². The molecule has 0 unspecified atom stereocenters. The first-order valence-corrected chi connectivity index (χ1v) is 8.88. The average molecular weight is 374 g/mol. The second-order valence-corrected chi connectivity index (χ2v) is 6.61. The van der Waals surface area contributed by atoms with Crippen molar-refractivity contribution in [3.8, 4) is 11.3 Å². The van der Waals surface area contributed by atoms with Crippen LogP contribution in [0.4, 0.5) is 5.69 Å². The highest BCUT2D eigenvalue weighted by atomic mass is 35.5. The topological polar surface area (TPSA) is 54.9 Å². The van der Waals surface area contributed by atoms with Crippen molar-refractivity contribution in [2.24, 2.45) is 0 Å². The van der Waals surface area contributed by atoms with Gasteiger partial charge in [0.05, 0.1) is 10.7 Å². The number of carbonyl (C=O) groups excluding carboxylic acids is 1. The number of anilines is 1. The van der Waals surface area contributed by atoms with Crippen LogP contribution in [0.2, 0.25) is 5.02 Å². The molecule has 4 nitrogen and oxygen atoms in total. The van der Waals surface area contributed by atoms with Gasteiger partial charge in [-0.3, -0.25) is 14.8 Å². The van der Waals surface area contributed by atoms with Gasteiger partial charge in [-0.1, -0.05) is 41.9 Å². The minimum absolute atomic E-state index is 0.257. The quantitative estimate of drug-likeness (QED) is 0.515. The summed E-state index contributed by atoms with van der Waals surface area (Å²) in [4.78, 5) is 21.2. The van der Waals surface area contributed by atoms with Crippen LogP contribution < -0.4 is 5.32 Å². The minimum Gasteiger partial charge on any atom is -0.321 e. The lowest BCUT2D eigenvalue weighted by molar-refractivity contribution is 0.102. The first-order valence-electron chi connectivity index (χ1n) is 8.50. The number of halogens is 1. The second-order valence-electron chi connectivity index (χ2n) is 6.20. The number of carbonyl (C=O) groups is 1. The molecule has 0 aliphatic heterocycles. The van der Waals surface area contributed by atoms with E-state index in [1.54, 1.807) is 30.6 Å². The Morgan fingerprint density at radius 1 is 0.963 bits per heavy atom. The number of pyridine rings is 2. The number of hydrogen-bond donors (Lipinski definition) is 1. The number of fused-ring (bicyclic) bond motifs is 1. The summed E-state index contributed by atoms with van der Waals surface area (Å²) in [5, 5.41) is 5.56. The minimum atomic E-state index is -0.257. The Labute approximate surface area is 161 Å². The standard InChI is InChI=1S/C22H16ClN3O/c1-14-5-4-11-24-20(14)22(27)26-16-8-9-19(23)18(13-16)21-17-7-3-2-6-15(17)10-12-25-21/h2-13H,1H3,(H,26,27). The lowest BCUT2D eigenvalue weighted by Crippen LogP contribution is -2.15. The van der Waals surface area contributed by atoms with Crippen molar-refractivity contribution in [3.63, 3.8) is 0 Å². The summed E-state index contributed by atoms with van der Waals surface area (Å²) in [5.41, 5.74) is 3.41. The summed E-state index contributed by atoms with van der Waals surface area (Å²) in [6.45, 7) is 1.86. The fourth-order valence-corrected chi connectivity index (χ4v) is 3.24. The largest absolute Gasteiger partial charge is 0.321 e. The predicted molar refractivity (Wildman–Crippen MR) is 109 cm³/mol. The Bertz CT molecular complexity index is 1150. The zero-order valence-corrected chi connectivity index (χ0v) is 15.4. The molecule has 0 saturated carbocycles. The van der Waals surface area contributed by atoms with Crippen LogP contribution in [0.1, 0.15) is 16.1 Å². The molecule has 0 radical (unpaired) electrons. The number of nitrogens with zero attached hydrogens (tertiary/aromatic N) is 2. The molecule has 4 aromatic rings. The van der Waals surface area contributed by atoms with Gasteiger partial charge in [-0.2, -0.15) is 0 Å². The van der Waals surface area contributed by atoms with Crippen LogP contribution in [-0.4, -0.2) is 15.9 Å². The third-order valence-corrected chi connectivity index (χ3v) is 4.71. The molecule has 0 bridgehead atoms. The smallest absolute Gasteiger partial charge is 0.274 e. The number of benzene rings is 2. The van der Waals surface area contributed by atoms with Crippen molar-refractivity contribution in [1.29, 1.82) is 0 Å². The number of hydrogen-bond acceptors (Lipinski definition) is 3. The summed E-state index contributed by atoms with van der Waals surface area (Å²) in [7, 11) is 0. The fraction of sp³-hybridized carbons (Fsp3) is 0.0455. The van der Waals surface area contributed by atoms with Crippen LogP contribution in [0, 0.1) is 6.92 Å². The Morgan fingerprint density at radius 3 is 2.67 bits per heavy atom. The molecule has 4 rings (SSSR count). The number of nitrogens with one attached hydrogen (secondary N) is 1. The first-order chi connectivity index (χ1) is 13.1. The van der Waals surface area contributed by atoms with Crippen LogP contribution in [0.5, 0.6) is 0 Å². The molecule has 1 amide bonds. The van der Waals surface area contributed by atoms with Crippen LogP contribution in [0.25, 0.3) is 22.0 Å². The van der Waals surface area contributed by atoms with E-state index >= 15 is 0 Å². The zero-order valence-electron chi connectivity index (χ0n) is 14.6. The van der Waals surface area contributed by atoms with Gasteiger partial charge >= 0.3 is 0 Å². The van der Waals surface area contributed by atoms with Gasteiger partial charge in [0, 0.05) is 29.0 Å². The second kappa shape index (κ2) is 7.17. The molecule has 2 heterocycles. The van der Waals surface area contributed by atoms with Crippen molar-refractivity contribution in [2.45, 2.75) is 6.92 Å². The van der Waals surface area contributed by atoms with E-state index in [4.69, 9.17) is 11.6 Å². The van der Waals surface area contributed by atoms with E-state index in [0.29, 0.717) is 16.4 Å². The maximum absolute atomic E-state index is 12.6. The van der Waals surface area contributed by atoms with Gasteiger partial charge in [-0.15, -0.1) is 0 Å². The number of aryl methyl sites for hydroxylation is 1. The SMILES string of the molecule is Cc1cccnc1C(=O)Nc1ccc(Cl)c(-c2nccc3ccccc23)c1. The molecule has 5 heteroatoms.